The number of aliphatic hydroxyl groups is 1. The summed E-state index contributed by atoms with van der Waals surface area (Å²) in [6.45, 7) is -0.179. The third-order valence-corrected chi connectivity index (χ3v) is 3.48. The Labute approximate surface area is 109 Å². The molecule has 2 aromatic heterocycles. The maximum Gasteiger partial charge on any atom is 0.271 e. The van der Waals surface area contributed by atoms with Gasteiger partial charge in [0.15, 0.2) is 0 Å². The molecule has 0 radical (unpaired) electrons. The van der Waals surface area contributed by atoms with E-state index in [1.54, 1.807) is 35.0 Å². The number of halogens is 1. The third-order valence-electron chi connectivity index (χ3n) is 3.48. The molecule has 0 unspecified atom stereocenters. The van der Waals surface area contributed by atoms with Crippen LogP contribution in [0.4, 0.5) is 4.39 Å². The van der Waals surface area contributed by atoms with Crippen molar-refractivity contribution < 1.29 is 14.3 Å². The molecule has 0 aliphatic carbocycles. The van der Waals surface area contributed by atoms with E-state index in [9.17, 15) is 14.3 Å². The number of amides is 1. The van der Waals surface area contributed by atoms with Crippen LogP contribution in [0.5, 0.6) is 0 Å². The molecule has 100 valence electrons. The number of hydrogen-bond donors (Lipinski definition) is 1. The standard InChI is InChI=1S/C13H14FN3O2/c14-9-6-10(8-18)17(7-9)13(19)11-2-1-3-12-15-4-5-16(11)12/h1-5,9-10,18H,6-8H2/t9-,10-/m0/s1. The van der Waals surface area contributed by atoms with Crippen LogP contribution in [0, 0.1) is 0 Å². The Balaban J connectivity index is 1.97. The van der Waals surface area contributed by atoms with Crippen LogP contribution in [0.2, 0.25) is 0 Å². The zero-order chi connectivity index (χ0) is 13.4. The van der Waals surface area contributed by atoms with E-state index in [0.29, 0.717) is 11.3 Å². The summed E-state index contributed by atoms with van der Waals surface area (Å²) in [5, 5.41) is 9.24. The van der Waals surface area contributed by atoms with Gasteiger partial charge >= 0.3 is 0 Å². The van der Waals surface area contributed by atoms with Crippen LogP contribution in [0.1, 0.15) is 16.9 Å². The van der Waals surface area contributed by atoms with Crippen LogP contribution in [0.15, 0.2) is 30.6 Å². The molecule has 2 atom stereocenters. The van der Waals surface area contributed by atoms with Gasteiger partial charge in [-0.3, -0.25) is 9.20 Å². The van der Waals surface area contributed by atoms with Crippen molar-refractivity contribution in [3.63, 3.8) is 0 Å². The number of carbonyl (C=O) groups excluding carboxylic acids is 1. The number of rotatable bonds is 2. The molecule has 2 aromatic rings. The molecule has 1 aliphatic rings. The van der Waals surface area contributed by atoms with Gasteiger partial charge in [-0.15, -0.1) is 0 Å². The molecule has 19 heavy (non-hydrogen) atoms. The van der Waals surface area contributed by atoms with Crippen LogP contribution in [-0.2, 0) is 0 Å². The smallest absolute Gasteiger partial charge is 0.271 e. The fourth-order valence-corrected chi connectivity index (χ4v) is 2.55. The minimum atomic E-state index is -1.07. The van der Waals surface area contributed by atoms with Gasteiger partial charge in [-0.25, -0.2) is 9.37 Å². The quantitative estimate of drug-likeness (QED) is 0.875. The Hall–Kier alpha value is -1.95. The molecule has 6 heteroatoms. The minimum Gasteiger partial charge on any atom is -0.394 e. The van der Waals surface area contributed by atoms with Gasteiger partial charge in [0.2, 0.25) is 0 Å². The zero-order valence-electron chi connectivity index (χ0n) is 10.2. The van der Waals surface area contributed by atoms with Gasteiger partial charge in [0.25, 0.3) is 5.91 Å². The number of pyridine rings is 1. The summed E-state index contributed by atoms with van der Waals surface area (Å²) in [7, 11) is 0. The maximum absolute atomic E-state index is 13.4. The lowest BCUT2D eigenvalue weighted by Crippen LogP contribution is -2.38. The Morgan fingerprint density at radius 2 is 2.37 bits per heavy atom. The number of nitrogens with zero attached hydrogens (tertiary/aromatic N) is 3. The van der Waals surface area contributed by atoms with E-state index in [0.717, 1.165) is 0 Å². The molecule has 5 nitrogen and oxygen atoms in total. The average molecular weight is 263 g/mol. The predicted molar refractivity (Wildman–Crippen MR) is 66.6 cm³/mol. The molecule has 3 rings (SSSR count). The lowest BCUT2D eigenvalue weighted by atomic mass is 10.2. The van der Waals surface area contributed by atoms with Crippen LogP contribution in [-0.4, -0.2) is 50.7 Å². The van der Waals surface area contributed by atoms with Gasteiger partial charge in [-0.2, -0.15) is 0 Å². The molecule has 1 fully saturated rings. The summed E-state index contributed by atoms with van der Waals surface area (Å²) in [4.78, 5) is 18.0. The minimum absolute atomic E-state index is 0.0368. The van der Waals surface area contributed by atoms with E-state index >= 15 is 0 Å². The normalized spacial score (nSPS) is 23.2. The summed E-state index contributed by atoms with van der Waals surface area (Å²) >= 11 is 0. The zero-order valence-corrected chi connectivity index (χ0v) is 10.2. The number of likely N-dealkylation sites (tertiary alicyclic amines) is 1. The van der Waals surface area contributed by atoms with Gasteiger partial charge in [-0.05, 0) is 12.1 Å². The largest absolute Gasteiger partial charge is 0.394 e. The van der Waals surface area contributed by atoms with Gasteiger partial charge in [0.1, 0.15) is 17.5 Å². The van der Waals surface area contributed by atoms with Gasteiger partial charge < -0.3 is 10.0 Å². The molecular weight excluding hydrogens is 249 g/mol. The molecule has 0 bridgehead atoms. The maximum atomic E-state index is 13.4. The van der Waals surface area contributed by atoms with Crippen molar-refractivity contribution in [2.24, 2.45) is 0 Å². The van der Waals surface area contributed by atoms with E-state index in [4.69, 9.17) is 0 Å². The summed E-state index contributed by atoms with van der Waals surface area (Å²) in [6.07, 6.45) is 2.43. The van der Waals surface area contributed by atoms with Crippen molar-refractivity contribution in [3.05, 3.63) is 36.3 Å². The first kappa shape index (κ1) is 12.1. The molecule has 1 saturated heterocycles. The van der Waals surface area contributed by atoms with Crippen molar-refractivity contribution in [2.75, 3.05) is 13.2 Å². The molecule has 0 spiro atoms. The third kappa shape index (κ3) is 1.98. The van der Waals surface area contributed by atoms with Gasteiger partial charge in [-0.1, -0.05) is 6.07 Å². The van der Waals surface area contributed by atoms with Crippen molar-refractivity contribution in [2.45, 2.75) is 18.6 Å². The second-order valence-corrected chi connectivity index (χ2v) is 4.69. The number of carbonyl (C=O) groups is 1. The first-order valence-corrected chi connectivity index (χ1v) is 6.18. The van der Waals surface area contributed by atoms with Crippen molar-refractivity contribution in [3.8, 4) is 0 Å². The molecule has 1 N–H and O–H groups in total. The average Bonchev–Trinajstić information content (AvgIpc) is 3.03. The number of alkyl halides is 1. The molecule has 0 saturated carbocycles. The summed E-state index contributed by atoms with van der Waals surface area (Å²) in [5.74, 6) is -0.275. The highest BCUT2D eigenvalue weighted by molar-refractivity contribution is 5.93. The number of imidazole rings is 1. The van der Waals surface area contributed by atoms with E-state index in [1.165, 1.54) is 4.90 Å². The summed E-state index contributed by atoms with van der Waals surface area (Å²) in [5.41, 5.74) is 1.10. The number of aliphatic hydroxyl groups excluding tert-OH is 1. The first-order chi connectivity index (χ1) is 9.20. The second-order valence-electron chi connectivity index (χ2n) is 4.69. The Morgan fingerprint density at radius 1 is 1.53 bits per heavy atom. The summed E-state index contributed by atoms with van der Waals surface area (Å²) in [6, 6.07) is 4.77. The molecule has 1 amide bonds. The molecule has 0 aromatic carbocycles. The first-order valence-electron chi connectivity index (χ1n) is 6.18. The Bertz CT molecular complexity index is 613. The number of hydrogen-bond acceptors (Lipinski definition) is 3. The fourth-order valence-electron chi connectivity index (χ4n) is 2.55. The highest BCUT2D eigenvalue weighted by Gasteiger charge is 2.35. The fraction of sp³-hybridized carbons (Fsp3) is 0.385. The lowest BCUT2D eigenvalue weighted by Gasteiger charge is -2.22. The van der Waals surface area contributed by atoms with Crippen LogP contribution in [0.3, 0.4) is 0 Å². The molecule has 3 heterocycles. The molecular formula is C13H14FN3O2. The SMILES string of the molecule is O=C(c1cccc2nccn12)N1C[C@@H](F)C[C@H]1CO. The Morgan fingerprint density at radius 3 is 3.16 bits per heavy atom. The number of aromatic nitrogens is 2. The van der Waals surface area contributed by atoms with Crippen LogP contribution in [0.25, 0.3) is 5.65 Å². The predicted octanol–water partition coefficient (Wildman–Crippen LogP) is 0.879. The van der Waals surface area contributed by atoms with E-state index in [2.05, 4.69) is 4.98 Å². The van der Waals surface area contributed by atoms with E-state index in [-0.39, 0.29) is 25.5 Å². The highest BCUT2D eigenvalue weighted by Crippen LogP contribution is 2.22. The Kier molecular flexibility index (Phi) is 2.94. The monoisotopic (exact) mass is 263 g/mol. The van der Waals surface area contributed by atoms with E-state index < -0.39 is 12.2 Å². The summed E-state index contributed by atoms with van der Waals surface area (Å²) < 4.78 is 15.1. The van der Waals surface area contributed by atoms with Crippen LogP contribution >= 0.6 is 0 Å². The topological polar surface area (TPSA) is 57.8 Å². The van der Waals surface area contributed by atoms with Gasteiger partial charge in [0, 0.05) is 18.8 Å². The second kappa shape index (κ2) is 4.62. The van der Waals surface area contributed by atoms with Gasteiger partial charge in [0.05, 0.1) is 19.2 Å². The van der Waals surface area contributed by atoms with Crippen molar-refractivity contribution >= 4 is 11.6 Å². The van der Waals surface area contributed by atoms with E-state index in [1.807, 2.05) is 0 Å². The number of fused-ring (bicyclic) bond motifs is 1. The van der Waals surface area contributed by atoms with Crippen molar-refractivity contribution in [1.82, 2.24) is 14.3 Å². The molecule has 1 aliphatic heterocycles. The lowest BCUT2D eigenvalue weighted by molar-refractivity contribution is 0.0665. The van der Waals surface area contributed by atoms with Crippen molar-refractivity contribution in [1.29, 1.82) is 0 Å². The highest BCUT2D eigenvalue weighted by atomic mass is 19.1. The van der Waals surface area contributed by atoms with Crippen LogP contribution < -0.4 is 0 Å².